The molecule has 3 atom stereocenters. The number of carbonyl (C=O) groups is 7. The lowest BCUT2D eigenvalue weighted by Crippen LogP contribution is -2.45. The summed E-state index contributed by atoms with van der Waals surface area (Å²) in [6.07, 6.45) is 13.6. The molecular weight excluding hydrogens is 972 g/mol. The molecule has 7 amide bonds. The van der Waals surface area contributed by atoms with Crippen LogP contribution in [0, 0.1) is 17.2 Å². The van der Waals surface area contributed by atoms with Crippen molar-refractivity contribution in [2.75, 3.05) is 50.9 Å². The van der Waals surface area contributed by atoms with Gasteiger partial charge in [-0.2, -0.15) is 20.8 Å². The Hall–Kier alpha value is -6.97. The maximum atomic E-state index is 13.5. The minimum absolute atomic E-state index is 0.00903. The molecule has 24 heteroatoms. The number of likely N-dealkylation sites (tertiary alicyclic amines) is 1. The highest BCUT2D eigenvalue weighted by Crippen LogP contribution is 2.35. The second kappa shape index (κ2) is 28.5. The number of halogens is 1. The third kappa shape index (κ3) is 16.6. The van der Waals surface area contributed by atoms with E-state index in [1.165, 1.54) is 32.0 Å². The highest BCUT2D eigenvalue weighted by Gasteiger charge is 2.30. The zero-order chi connectivity index (χ0) is 51.2. The number of hydrogen-bond donors (Lipinski definition) is 5. The molecule has 0 bridgehead atoms. The SMILES string of the molecule is CC(CC(N)=O)NONC(=O)CBr.CCC.CN(CCN(C)C(=O)n1ccc2c(-c3cnn(C(C#N)C4CCCC4)c3)ncnc21)C(=O)OCc1ccc(NC(=O)CNC(=O)C2CCCN2C=O)cc1. The van der Waals surface area contributed by atoms with E-state index in [1.807, 2.05) is 6.20 Å². The van der Waals surface area contributed by atoms with E-state index in [0.717, 1.165) is 37.7 Å². The van der Waals surface area contributed by atoms with Crippen molar-refractivity contribution in [2.45, 2.75) is 96.9 Å². The molecule has 378 valence electrons. The van der Waals surface area contributed by atoms with Crippen LogP contribution in [0.4, 0.5) is 15.3 Å². The van der Waals surface area contributed by atoms with Crippen LogP contribution in [-0.4, -0.2) is 139 Å². The van der Waals surface area contributed by atoms with Crippen molar-refractivity contribution in [1.82, 2.24) is 55.3 Å². The molecule has 2 fully saturated rings. The zero-order valence-electron chi connectivity index (χ0n) is 40.1. The first-order valence-electron chi connectivity index (χ1n) is 23.0. The molecule has 1 aliphatic carbocycles. The molecule has 2 aliphatic rings. The number of anilines is 1. The number of fused-ring (bicyclic) bond motifs is 1. The Morgan fingerprint density at radius 2 is 1.70 bits per heavy atom. The van der Waals surface area contributed by atoms with Gasteiger partial charge in [-0.1, -0.05) is 61.2 Å². The van der Waals surface area contributed by atoms with Crippen molar-refractivity contribution >= 4 is 74.8 Å². The zero-order valence-corrected chi connectivity index (χ0v) is 41.7. The largest absolute Gasteiger partial charge is 0.445 e. The molecule has 1 saturated carbocycles. The fourth-order valence-corrected chi connectivity index (χ4v) is 7.57. The monoisotopic (exact) mass is 1030 g/mol. The van der Waals surface area contributed by atoms with Crippen molar-refractivity contribution in [3.63, 3.8) is 0 Å². The van der Waals surface area contributed by atoms with Gasteiger partial charge in [-0.05, 0) is 62.3 Å². The molecule has 6 N–H and O–H groups in total. The average Bonchev–Trinajstić information content (AvgIpc) is 4.21. The molecule has 1 saturated heterocycles. The number of nitrogens with one attached hydrogen (secondary N) is 4. The van der Waals surface area contributed by atoms with E-state index in [-0.39, 0.29) is 73.8 Å². The number of carbonyl (C=O) groups excluding carboxylic acids is 7. The van der Waals surface area contributed by atoms with Gasteiger partial charge in [0.25, 0.3) is 5.91 Å². The highest BCUT2D eigenvalue weighted by atomic mass is 79.9. The number of benzene rings is 1. The summed E-state index contributed by atoms with van der Waals surface area (Å²) in [5, 5.41) is 20.4. The van der Waals surface area contributed by atoms with Crippen LogP contribution in [0.1, 0.15) is 83.7 Å². The highest BCUT2D eigenvalue weighted by molar-refractivity contribution is 9.09. The lowest BCUT2D eigenvalue weighted by atomic mass is 10.00. The van der Waals surface area contributed by atoms with Crippen LogP contribution in [0.2, 0.25) is 0 Å². The third-order valence-electron chi connectivity index (χ3n) is 11.0. The lowest BCUT2D eigenvalue weighted by molar-refractivity contribution is -0.140. The van der Waals surface area contributed by atoms with Crippen LogP contribution >= 0.6 is 15.9 Å². The Morgan fingerprint density at radius 1 is 1.00 bits per heavy atom. The van der Waals surface area contributed by atoms with E-state index < -0.39 is 23.9 Å². The van der Waals surface area contributed by atoms with Crippen LogP contribution in [0.15, 0.2) is 55.2 Å². The molecule has 1 aromatic carbocycles. The number of rotatable bonds is 19. The number of nitrogens with two attached hydrogens (primary N) is 1. The molecular formula is C46H63BrN14O9. The smallest absolute Gasteiger partial charge is 0.409 e. The van der Waals surface area contributed by atoms with Crippen LogP contribution in [0.5, 0.6) is 0 Å². The number of likely N-dealkylation sites (N-methyl/N-ethyl adjacent to an activating group) is 2. The molecule has 4 aromatic rings. The maximum absolute atomic E-state index is 13.5. The van der Waals surface area contributed by atoms with Gasteiger partial charge in [-0.3, -0.25) is 33.2 Å². The van der Waals surface area contributed by atoms with Crippen LogP contribution in [-0.2, 0) is 40.3 Å². The van der Waals surface area contributed by atoms with Crippen molar-refractivity contribution in [2.24, 2.45) is 11.7 Å². The number of primary amides is 1. The molecule has 1 aliphatic heterocycles. The standard InChI is InChI=1S/C37H43N11O6.C6H12BrN3O3.C3H8/c1-44(36(52)47-15-13-29-33(40-23-41-34(29)47)27-19-42-48(21-27)31(18-38)26-6-3-4-7-26)16-17-45(2)37(53)54-22-25-9-11-28(12-10-25)43-32(50)20-39-35(51)30-8-5-14-46(30)24-49;1-4(2-5(8)11)9-13-10-6(12)3-7;1-3-2/h9-13,15,19,21,23-24,26,30-31H,3-8,14,16-17,20,22H2,1-2H3,(H,39,51)(H,43,50);4,9H,2-3H2,1H3,(H2,8,11)(H,10,12);3H2,1-2H3. The second-order valence-electron chi connectivity index (χ2n) is 16.8. The van der Waals surface area contributed by atoms with E-state index in [4.69, 9.17) is 10.5 Å². The van der Waals surface area contributed by atoms with E-state index in [1.54, 1.807) is 68.4 Å². The maximum Gasteiger partial charge on any atom is 0.409 e. The summed E-state index contributed by atoms with van der Waals surface area (Å²) in [7, 11) is 3.21. The normalized spacial score (nSPS) is 14.9. The minimum atomic E-state index is -0.574. The summed E-state index contributed by atoms with van der Waals surface area (Å²) >= 11 is 2.93. The van der Waals surface area contributed by atoms with Gasteiger partial charge in [-0.15, -0.1) is 0 Å². The van der Waals surface area contributed by atoms with Crippen LogP contribution in [0.25, 0.3) is 22.3 Å². The van der Waals surface area contributed by atoms with E-state index in [0.29, 0.717) is 47.4 Å². The quantitative estimate of drug-likeness (QED) is 0.0504. The summed E-state index contributed by atoms with van der Waals surface area (Å²) in [6, 6.07) is 9.44. The van der Waals surface area contributed by atoms with Crippen LogP contribution < -0.4 is 27.3 Å². The molecule has 0 radical (unpaired) electrons. The Kier molecular flexibility index (Phi) is 22.7. The third-order valence-corrected chi connectivity index (χ3v) is 11.6. The molecule has 23 nitrogen and oxygen atoms in total. The lowest BCUT2D eigenvalue weighted by Gasteiger charge is -2.22. The van der Waals surface area contributed by atoms with Crippen molar-refractivity contribution in [3.05, 3.63) is 60.8 Å². The molecule has 70 heavy (non-hydrogen) atoms. The Labute approximate surface area is 414 Å². The first-order chi connectivity index (χ1) is 33.6. The Bertz CT molecular complexity index is 2420. The number of alkyl halides is 1. The summed E-state index contributed by atoms with van der Waals surface area (Å²) < 4.78 is 8.59. The second-order valence-corrected chi connectivity index (χ2v) is 17.3. The van der Waals surface area contributed by atoms with Gasteiger partial charge >= 0.3 is 12.1 Å². The number of ether oxygens (including phenoxy) is 1. The summed E-state index contributed by atoms with van der Waals surface area (Å²) in [4.78, 5) is 101. The molecule has 3 unspecified atom stereocenters. The van der Waals surface area contributed by atoms with Gasteiger partial charge in [0, 0.05) is 75.2 Å². The first kappa shape index (κ1) is 55.6. The predicted octanol–water partition coefficient (Wildman–Crippen LogP) is 4.01. The minimum Gasteiger partial charge on any atom is -0.445 e. The number of aromatic nitrogens is 5. The fraction of sp³-hybridized carbons (Fsp3) is 0.500. The Balaban J connectivity index is 0.000000573. The molecule has 6 rings (SSSR count). The molecule has 4 heterocycles. The summed E-state index contributed by atoms with van der Waals surface area (Å²) in [6.45, 7) is 6.66. The van der Waals surface area contributed by atoms with Crippen LogP contribution in [0.3, 0.4) is 0 Å². The number of amides is 7. The topological polar surface area (TPSA) is 294 Å². The van der Waals surface area contributed by atoms with Gasteiger partial charge in [-0.25, -0.2) is 25.0 Å². The molecule has 3 aromatic heterocycles. The predicted molar refractivity (Wildman–Crippen MR) is 261 cm³/mol. The van der Waals surface area contributed by atoms with Gasteiger partial charge in [0.2, 0.25) is 24.1 Å². The van der Waals surface area contributed by atoms with E-state index >= 15 is 0 Å². The number of hydroxylamine groups is 2. The molecule has 0 spiro atoms. The average molecular weight is 1040 g/mol. The van der Waals surface area contributed by atoms with Crippen molar-refractivity contribution < 1.29 is 43.2 Å². The van der Waals surface area contributed by atoms with Gasteiger partial charge in [0.1, 0.15) is 25.0 Å². The van der Waals surface area contributed by atoms with Crippen molar-refractivity contribution in [3.8, 4) is 17.3 Å². The number of hydrogen-bond acceptors (Lipinski definition) is 14. The van der Waals surface area contributed by atoms with E-state index in [2.05, 4.69) is 77.4 Å². The van der Waals surface area contributed by atoms with Crippen molar-refractivity contribution in [1.29, 1.82) is 5.26 Å². The fourth-order valence-electron chi connectivity index (χ4n) is 7.46. The van der Waals surface area contributed by atoms with Gasteiger partial charge in [0.15, 0.2) is 5.65 Å². The van der Waals surface area contributed by atoms with Gasteiger partial charge in [0.05, 0.1) is 29.8 Å². The summed E-state index contributed by atoms with van der Waals surface area (Å²) in [5.74, 6) is -1.26. The first-order valence-corrected chi connectivity index (χ1v) is 24.1. The van der Waals surface area contributed by atoms with E-state index in [9.17, 15) is 38.8 Å². The number of nitrogens with zero attached hydrogens (tertiary/aromatic N) is 9. The Morgan fingerprint density at radius 3 is 2.36 bits per heavy atom. The van der Waals surface area contributed by atoms with Gasteiger partial charge < -0.3 is 35.8 Å². The summed E-state index contributed by atoms with van der Waals surface area (Å²) in [5.41, 5.74) is 12.4. The number of nitriles is 1.